The SMILES string of the molecule is CCC1CCc2c(sc3ncn4nc(C(C)n5nccc5C)nc4c23)C1. The molecule has 4 heterocycles. The van der Waals surface area contributed by atoms with Crippen LogP contribution >= 0.6 is 11.3 Å². The highest BCUT2D eigenvalue weighted by molar-refractivity contribution is 7.19. The van der Waals surface area contributed by atoms with Crippen molar-refractivity contribution in [1.82, 2.24) is 29.4 Å². The summed E-state index contributed by atoms with van der Waals surface area (Å²) < 4.78 is 3.81. The second kappa shape index (κ2) is 5.87. The van der Waals surface area contributed by atoms with Crippen molar-refractivity contribution in [2.24, 2.45) is 5.92 Å². The minimum absolute atomic E-state index is 0.00103. The standard InChI is InChI=1S/C19H22N6S/c1-4-13-5-6-14-15(9-13)26-19-16(14)18-22-17(23-24(18)10-20-19)12(3)25-11(2)7-8-21-25/h7-8,10,12-13H,4-6,9H2,1-3H3. The first-order chi connectivity index (χ1) is 12.7. The minimum atomic E-state index is -0.00103. The van der Waals surface area contributed by atoms with Crippen LogP contribution in [0.5, 0.6) is 0 Å². The summed E-state index contributed by atoms with van der Waals surface area (Å²) in [6.07, 6.45) is 8.46. The Morgan fingerprint density at radius 3 is 3.04 bits per heavy atom. The Morgan fingerprint density at radius 1 is 1.38 bits per heavy atom. The minimum Gasteiger partial charge on any atom is -0.259 e. The Morgan fingerprint density at radius 2 is 2.27 bits per heavy atom. The maximum atomic E-state index is 4.92. The predicted octanol–water partition coefficient (Wildman–Crippen LogP) is 3.97. The molecule has 0 aliphatic heterocycles. The molecular weight excluding hydrogens is 344 g/mol. The fourth-order valence-electron chi connectivity index (χ4n) is 4.08. The third-order valence-corrected chi connectivity index (χ3v) is 6.85. The molecule has 0 fully saturated rings. The molecule has 4 aromatic heterocycles. The number of rotatable bonds is 3. The summed E-state index contributed by atoms with van der Waals surface area (Å²) in [5, 5.41) is 10.3. The van der Waals surface area contributed by atoms with Crippen LogP contribution < -0.4 is 0 Å². The predicted molar refractivity (Wildman–Crippen MR) is 103 cm³/mol. The zero-order valence-corrected chi connectivity index (χ0v) is 16.1. The molecule has 5 rings (SSSR count). The second-order valence-corrected chi connectivity index (χ2v) is 8.36. The van der Waals surface area contributed by atoms with Gasteiger partial charge in [-0.25, -0.2) is 14.5 Å². The van der Waals surface area contributed by atoms with Gasteiger partial charge in [0.15, 0.2) is 11.5 Å². The van der Waals surface area contributed by atoms with Gasteiger partial charge in [0.25, 0.3) is 0 Å². The number of hydrogen-bond donors (Lipinski definition) is 0. The Balaban J connectivity index is 1.66. The molecule has 7 heteroatoms. The molecule has 0 N–H and O–H groups in total. The summed E-state index contributed by atoms with van der Waals surface area (Å²) in [7, 11) is 0. The zero-order chi connectivity index (χ0) is 17.8. The summed E-state index contributed by atoms with van der Waals surface area (Å²) in [5.74, 6) is 1.59. The van der Waals surface area contributed by atoms with Crippen molar-refractivity contribution in [1.29, 1.82) is 0 Å². The molecule has 1 aliphatic carbocycles. The van der Waals surface area contributed by atoms with Gasteiger partial charge in [-0.05, 0) is 50.7 Å². The highest BCUT2D eigenvalue weighted by Crippen LogP contribution is 2.39. The summed E-state index contributed by atoms with van der Waals surface area (Å²) in [6, 6.07) is 2.00. The lowest BCUT2D eigenvalue weighted by Crippen LogP contribution is -2.11. The van der Waals surface area contributed by atoms with Crippen LogP contribution in [0.4, 0.5) is 0 Å². The van der Waals surface area contributed by atoms with Crippen molar-refractivity contribution in [2.75, 3.05) is 0 Å². The maximum Gasteiger partial charge on any atom is 0.176 e. The average Bonchev–Trinajstić information content (AvgIpc) is 3.35. The molecule has 1 aliphatic rings. The van der Waals surface area contributed by atoms with E-state index >= 15 is 0 Å². The van der Waals surface area contributed by atoms with Crippen molar-refractivity contribution >= 4 is 27.2 Å². The van der Waals surface area contributed by atoms with Crippen molar-refractivity contribution in [3.8, 4) is 0 Å². The van der Waals surface area contributed by atoms with Gasteiger partial charge in [-0.1, -0.05) is 13.3 Å². The van der Waals surface area contributed by atoms with Crippen molar-refractivity contribution < 1.29 is 0 Å². The van der Waals surface area contributed by atoms with Gasteiger partial charge < -0.3 is 0 Å². The third kappa shape index (κ3) is 2.30. The maximum absolute atomic E-state index is 4.92. The van der Waals surface area contributed by atoms with Gasteiger partial charge in [-0.15, -0.1) is 16.4 Å². The first-order valence-corrected chi connectivity index (χ1v) is 10.1. The highest BCUT2D eigenvalue weighted by Gasteiger charge is 2.25. The molecule has 26 heavy (non-hydrogen) atoms. The smallest absolute Gasteiger partial charge is 0.176 e. The third-order valence-electron chi connectivity index (χ3n) is 5.69. The zero-order valence-electron chi connectivity index (χ0n) is 15.3. The van der Waals surface area contributed by atoms with E-state index in [0.29, 0.717) is 0 Å². The molecular formula is C19H22N6S. The number of fused-ring (bicyclic) bond motifs is 5. The Labute approximate surface area is 155 Å². The quantitative estimate of drug-likeness (QED) is 0.550. The van der Waals surface area contributed by atoms with E-state index < -0.39 is 0 Å². The molecule has 2 atom stereocenters. The fourth-order valence-corrected chi connectivity index (χ4v) is 5.38. The molecule has 0 aromatic carbocycles. The van der Waals surface area contributed by atoms with E-state index in [1.54, 1.807) is 6.33 Å². The fraction of sp³-hybridized carbons (Fsp3) is 0.474. The van der Waals surface area contributed by atoms with Crippen LogP contribution in [-0.2, 0) is 12.8 Å². The molecule has 4 aromatic rings. The van der Waals surface area contributed by atoms with Gasteiger partial charge in [0.2, 0.25) is 0 Å². The van der Waals surface area contributed by atoms with Gasteiger partial charge in [0, 0.05) is 16.8 Å². The Bertz CT molecular complexity index is 1100. The van der Waals surface area contributed by atoms with Crippen molar-refractivity contribution in [3.63, 3.8) is 0 Å². The number of nitrogens with zero attached hydrogens (tertiary/aromatic N) is 6. The first-order valence-electron chi connectivity index (χ1n) is 9.31. The lowest BCUT2D eigenvalue weighted by molar-refractivity contribution is 0.451. The van der Waals surface area contributed by atoms with Crippen LogP contribution in [0.1, 0.15) is 54.7 Å². The topological polar surface area (TPSA) is 60.9 Å². The van der Waals surface area contributed by atoms with Gasteiger partial charge in [-0.2, -0.15) is 5.10 Å². The molecule has 6 nitrogen and oxygen atoms in total. The first kappa shape index (κ1) is 15.9. The molecule has 0 radical (unpaired) electrons. The van der Waals surface area contributed by atoms with E-state index in [1.807, 2.05) is 32.8 Å². The van der Waals surface area contributed by atoms with Gasteiger partial charge in [-0.3, -0.25) is 4.68 Å². The van der Waals surface area contributed by atoms with E-state index in [9.17, 15) is 0 Å². The van der Waals surface area contributed by atoms with E-state index in [2.05, 4.69) is 30.9 Å². The van der Waals surface area contributed by atoms with Crippen LogP contribution in [0.2, 0.25) is 0 Å². The summed E-state index contributed by atoms with van der Waals surface area (Å²) in [4.78, 5) is 12.2. The number of hydrogen-bond acceptors (Lipinski definition) is 5. The molecule has 2 unspecified atom stereocenters. The second-order valence-electron chi connectivity index (χ2n) is 7.28. The largest absolute Gasteiger partial charge is 0.259 e. The molecule has 0 saturated heterocycles. The van der Waals surface area contributed by atoms with Crippen molar-refractivity contribution in [3.05, 3.63) is 40.5 Å². The van der Waals surface area contributed by atoms with Crippen molar-refractivity contribution in [2.45, 2.75) is 52.5 Å². The monoisotopic (exact) mass is 366 g/mol. The molecule has 0 amide bonds. The molecule has 0 spiro atoms. The van der Waals surface area contributed by atoms with E-state index in [-0.39, 0.29) is 6.04 Å². The molecule has 134 valence electrons. The normalized spacial score (nSPS) is 18.5. The lowest BCUT2D eigenvalue weighted by Gasteiger charge is -2.20. The lowest BCUT2D eigenvalue weighted by atomic mass is 9.86. The highest BCUT2D eigenvalue weighted by atomic mass is 32.1. The molecule has 0 saturated carbocycles. The average molecular weight is 366 g/mol. The Kier molecular flexibility index (Phi) is 3.60. The van der Waals surface area contributed by atoms with Crippen LogP contribution in [-0.4, -0.2) is 29.4 Å². The van der Waals surface area contributed by atoms with Gasteiger partial charge in [0.05, 0.1) is 5.39 Å². The number of aryl methyl sites for hydroxylation is 2. The number of aromatic nitrogens is 6. The van der Waals surface area contributed by atoms with E-state index in [0.717, 1.165) is 34.3 Å². The molecule has 0 bridgehead atoms. The summed E-state index contributed by atoms with van der Waals surface area (Å²) in [5.41, 5.74) is 3.50. The summed E-state index contributed by atoms with van der Waals surface area (Å²) in [6.45, 7) is 6.44. The van der Waals surface area contributed by atoms with Crippen LogP contribution in [0.25, 0.3) is 15.9 Å². The van der Waals surface area contributed by atoms with Gasteiger partial charge >= 0.3 is 0 Å². The Hall–Kier alpha value is -2.28. The van der Waals surface area contributed by atoms with Crippen LogP contribution in [0.3, 0.4) is 0 Å². The van der Waals surface area contributed by atoms with E-state index in [4.69, 9.17) is 10.1 Å². The van der Waals surface area contributed by atoms with E-state index in [1.165, 1.54) is 35.1 Å². The van der Waals surface area contributed by atoms with Crippen LogP contribution in [0.15, 0.2) is 18.6 Å². The van der Waals surface area contributed by atoms with Crippen LogP contribution in [0, 0.1) is 12.8 Å². The summed E-state index contributed by atoms with van der Waals surface area (Å²) >= 11 is 1.84. The number of thiophene rings is 1. The van der Waals surface area contributed by atoms with Gasteiger partial charge in [0.1, 0.15) is 17.2 Å².